The summed E-state index contributed by atoms with van der Waals surface area (Å²) < 4.78 is 0.875. The molecule has 0 saturated heterocycles. The molecule has 0 bridgehead atoms. The SMILES string of the molecule is O=C(CSc1cccc2cccnc12)Nc1ccccc1Br. The Hall–Kier alpha value is -1.85. The van der Waals surface area contributed by atoms with E-state index in [0.29, 0.717) is 5.75 Å². The van der Waals surface area contributed by atoms with Crippen LogP contribution < -0.4 is 5.32 Å². The van der Waals surface area contributed by atoms with Gasteiger partial charge in [-0.15, -0.1) is 11.8 Å². The number of nitrogens with one attached hydrogen (secondary N) is 1. The molecule has 0 unspecified atom stereocenters. The number of carbonyl (C=O) groups is 1. The molecule has 3 aromatic rings. The number of nitrogens with zero attached hydrogens (tertiary/aromatic N) is 1. The molecule has 0 aliphatic carbocycles. The lowest BCUT2D eigenvalue weighted by molar-refractivity contribution is -0.113. The van der Waals surface area contributed by atoms with E-state index in [1.807, 2.05) is 54.6 Å². The maximum atomic E-state index is 12.1. The van der Waals surface area contributed by atoms with Crippen molar-refractivity contribution in [3.63, 3.8) is 0 Å². The van der Waals surface area contributed by atoms with Crippen molar-refractivity contribution < 1.29 is 4.79 Å². The zero-order valence-corrected chi connectivity index (χ0v) is 14.0. The van der Waals surface area contributed by atoms with Crippen LogP contribution in [0.25, 0.3) is 10.9 Å². The summed E-state index contributed by atoms with van der Waals surface area (Å²) in [6.07, 6.45) is 1.77. The molecular formula is C17H13BrN2OS. The first-order chi connectivity index (χ1) is 10.7. The quantitative estimate of drug-likeness (QED) is 0.673. The van der Waals surface area contributed by atoms with Gasteiger partial charge >= 0.3 is 0 Å². The van der Waals surface area contributed by atoms with Crippen molar-refractivity contribution in [1.29, 1.82) is 0 Å². The van der Waals surface area contributed by atoms with Crippen molar-refractivity contribution in [3.05, 3.63) is 65.3 Å². The van der Waals surface area contributed by atoms with E-state index in [1.165, 1.54) is 11.8 Å². The van der Waals surface area contributed by atoms with E-state index in [1.54, 1.807) is 6.20 Å². The molecule has 0 fully saturated rings. The average molecular weight is 373 g/mol. The van der Waals surface area contributed by atoms with Crippen LogP contribution in [-0.2, 0) is 4.79 Å². The number of carbonyl (C=O) groups excluding carboxylic acids is 1. The van der Waals surface area contributed by atoms with Gasteiger partial charge in [0.25, 0.3) is 0 Å². The maximum Gasteiger partial charge on any atom is 0.234 e. The van der Waals surface area contributed by atoms with Crippen molar-refractivity contribution in [2.45, 2.75) is 4.90 Å². The van der Waals surface area contributed by atoms with Crippen LogP contribution in [0.2, 0.25) is 0 Å². The highest BCUT2D eigenvalue weighted by atomic mass is 79.9. The summed E-state index contributed by atoms with van der Waals surface area (Å²) in [6, 6.07) is 17.5. The summed E-state index contributed by atoms with van der Waals surface area (Å²) >= 11 is 4.92. The number of fused-ring (bicyclic) bond motifs is 1. The maximum absolute atomic E-state index is 12.1. The Bertz CT molecular complexity index is 817. The molecule has 110 valence electrons. The number of aromatic nitrogens is 1. The molecule has 0 aliphatic heterocycles. The number of amides is 1. The molecule has 3 nitrogen and oxygen atoms in total. The third kappa shape index (κ3) is 3.48. The van der Waals surface area contributed by atoms with Crippen molar-refractivity contribution >= 4 is 50.2 Å². The Morgan fingerprint density at radius 3 is 2.77 bits per heavy atom. The monoisotopic (exact) mass is 372 g/mol. The molecule has 2 aromatic carbocycles. The number of thioether (sulfide) groups is 1. The van der Waals surface area contributed by atoms with E-state index >= 15 is 0 Å². The Morgan fingerprint density at radius 1 is 1.09 bits per heavy atom. The molecule has 1 N–H and O–H groups in total. The highest BCUT2D eigenvalue weighted by molar-refractivity contribution is 9.10. The summed E-state index contributed by atoms with van der Waals surface area (Å²) in [5, 5.41) is 3.98. The van der Waals surface area contributed by atoms with Crippen molar-refractivity contribution in [2.75, 3.05) is 11.1 Å². The van der Waals surface area contributed by atoms with Gasteiger partial charge in [-0.3, -0.25) is 9.78 Å². The van der Waals surface area contributed by atoms with Gasteiger partial charge < -0.3 is 5.32 Å². The predicted octanol–water partition coefficient (Wildman–Crippen LogP) is 4.73. The topological polar surface area (TPSA) is 42.0 Å². The second-order valence-corrected chi connectivity index (χ2v) is 6.52. The Morgan fingerprint density at radius 2 is 1.91 bits per heavy atom. The van der Waals surface area contributed by atoms with Gasteiger partial charge in [0.2, 0.25) is 5.91 Å². The fourth-order valence-electron chi connectivity index (χ4n) is 2.08. The lowest BCUT2D eigenvalue weighted by Gasteiger charge is -2.08. The van der Waals surface area contributed by atoms with E-state index in [9.17, 15) is 4.79 Å². The Labute approximate surface area is 141 Å². The second-order valence-electron chi connectivity index (χ2n) is 4.65. The van der Waals surface area contributed by atoms with Gasteiger partial charge in [-0.05, 0) is 40.2 Å². The fraction of sp³-hybridized carbons (Fsp3) is 0.0588. The Kier molecular flexibility index (Phi) is 4.75. The number of pyridine rings is 1. The van der Waals surface area contributed by atoms with Gasteiger partial charge in [-0.1, -0.05) is 30.3 Å². The average Bonchev–Trinajstić information content (AvgIpc) is 2.55. The van der Waals surface area contributed by atoms with E-state index in [0.717, 1.165) is 26.0 Å². The van der Waals surface area contributed by atoms with Crippen molar-refractivity contribution in [3.8, 4) is 0 Å². The number of hydrogen-bond donors (Lipinski definition) is 1. The lowest BCUT2D eigenvalue weighted by Crippen LogP contribution is -2.14. The minimum Gasteiger partial charge on any atom is -0.324 e. The molecule has 0 radical (unpaired) electrons. The van der Waals surface area contributed by atoms with Crippen LogP contribution in [0.5, 0.6) is 0 Å². The van der Waals surface area contributed by atoms with E-state index < -0.39 is 0 Å². The molecule has 3 rings (SSSR count). The van der Waals surface area contributed by atoms with Crippen LogP contribution in [0.1, 0.15) is 0 Å². The number of anilines is 1. The van der Waals surface area contributed by atoms with E-state index in [2.05, 4.69) is 26.2 Å². The fourth-order valence-corrected chi connectivity index (χ4v) is 3.31. The van der Waals surface area contributed by atoms with Gasteiger partial charge in [0.05, 0.1) is 17.0 Å². The van der Waals surface area contributed by atoms with Gasteiger partial charge in [-0.2, -0.15) is 0 Å². The van der Waals surface area contributed by atoms with Gasteiger partial charge in [0.1, 0.15) is 0 Å². The summed E-state index contributed by atoms with van der Waals surface area (Å²) in [6.45, 7) is 0. The van der Waals surface area contributed by atoms with E-state index in [-0.39, 0.29) is 5.91 Å². The van der Waals surface area contributed by atoms with Crippen molar-refractivity contribution in [1.82, 2.24) is 4.98 Å². The molecule has 5 heteroatoms. The standard InChI is InChI=1S/C17H13BrN2OS/c18-13-7-1-2-8-14(13)20-16(21)11-22-15-9-3-5-12-6-4-10-19-17(12)15/h1-10H,11H2,(H,20,21). The smallest absolute Gasteiger partial charge is 0.234 e. The summed E-state index contributed by atoms with van der Waals surface area (Å²) in [5.41, 5.74) is 1.72. The third-order valence-corrected chi connectivity index (χ3v) is 4.84. The van der Waals surface area contributed by atoms with Gasteiger partial charge in [0, 0.05) is 21.0 Å². The first-order valence-corrected chi connectivity index (χ1v) is 8.53. The zero-order chi connectivity index (χ0) is 15.4. The lowest BCUT2D eigenvalue weighted by atomic mass is 10.2. The van der Waals surface area contributed by atoms with Crippen LogP contribution in [-0.4, -0.2) is 16.6 Å². The van der Waals surface area contributed by atoms with Gasteiger partial charge in [-0.25, -0.2) is 0 Å². The Balaban J connectivity index is 1.69. The van der Waals surface area contributed by atoms with Crippen LogP contribution in [0.3, 0.4) is 0 Å². The molecule has 1 amide bonds. The summed E-state index contributed by atoms with van der Waals surface area (Å²) in [7, 11) is 0. The van der Waals surface area contributed by atoms with E-state index in [4.69, 9.17) is 0 Å². The highest BCUT2D eigenvalue weighted by Gasteiger charge is 2.08. The second kappa shape index (κ2) is 6.94. The first-order valence-electron chi connectivity index (χ1n) is 6.75. The zero-order valence-electron chi connectivity index (χ0n) is 11.6. The number of halogens is 1. The molecular weight excluding hydrogens is 360 g/mol. The molecule has 0 saturated carbocycles. The number of benzene rings is 2. The molecule has 1 heterocycles. The normalized spacial score (nSPS) is 10.6. The highest BCUT2D eigenvalue weighted by Crippen LogP contribution is 2.27. The largest absolute Gasteiger partial charge is 0.324 e. The molecule has 0 spiro atoms. The minimum atomic E-state index is -0.0372. The van der Waals surface area contributed by atoms with Gasteiger partial charge in [0.15, 0.2) is 0 Å². The molecule has 0 aliphatic rings. The summed E-state index contributed by atoms with van der Waals surface area (Å²) in [4.78, 5) is 17.5. The first kappa shape index (κ1) is 15.1. The van der Waals surface area contributed by atoms with Crippen LogP contribution >= 0.6 is 27.7 Å². The molecule has 22 heavy (non-hydrogen) atoms. The number of hydrogen-bond acceptors (Lipinski definition) is 3. The van der Waals surface area contributed by atoms with Crippen molar-refractivity contribution in [2.24, 2.45) is 0 Å². The molecule has 1 aromatic heterocycles. The van der Waals surface area contributed by atoms with Crippen LogP contribution in [0.4, 0.5) is 5.69 Å². The van der Waals surface area contributed by atoms with Crippen LogP contribution in [0.15, 0.2) is 70.2 Å². The third-order valence-electron chi connectivity index (χ3n) is 3.10. The molecule has 0 atom stereocenters. The number of para-hydroxylation sites is 2. The predicted molar refractivity (Wildman–Crippen MR) is 95.2 cm³/mol. The number of rotatable bonds is 4. The van der Waals surface area contributed by atoms with Crippen LogP contribution in [0, 0.1) is 0 Å². The summed E-state index contributed by atoms with van der Waals surface area (Å²) in [5.74, 6) is 0.307. The minimum absolute atomic E-state index is 0.0372.